The Morgan fingerprint density at radius 3 is 1.28 bits per heavy atom. The number of rotatable bonds is 52. The number of hydrogen-bond donors (Lipinski definition) is 2. The van der Waals surface area contributed by atoms with Gasteiger partial charge in [-0.2, -0.15) is 0 Å². The highest BCUT2D eigenvalue weighted by atomic mass is 31.2. The van der Waals surface area contributed by atoms with E-state index in [4.69, 9.17) is 24.3 Å². The minimum absolute atomic E-state index is 0.0418. The van der Waals surface area contributed by atoms with Crippen molar-refractivity contribution in [2.24, 2.45) is 5.73 Å². The van der Waals surface area contributed by atoms with Crippen molar-refractivity contribution >= 4 is 19.8 Å². The Bertz CT molecular complexity index is 1280. The van der Waals surface area contributed by atoms with Gasteiger partial charge in [0.1, 0.15) is 6.61 Å². The van der Waals surface area contributed by atoms with Gasteiger partial charge in [-0.3, -0.25) is 18.6 Å². The number of esters is 2. The molecule has 0 aliphatic heterocycles. The molecule has 2 atom stereocenters. The number of phosphoric acid groups is 1. The summed E-state index contributed by atoms with van der Waals surface area (Å²) in [5, 5.41) is 0. The van der Waals surface area contributed by atoms with Crippen LogP contribution in [0, 0.1) is 0 Å². The second-order valence-corrected chi connectivity index (χ2v) is 19.9. The molecule has 0 spiro atoms. The van der Waals surface area contributed by atoms with Gasteiger partial charge in [0.05, 0.1) is 13.2 Å². The second-order valence-electron chi connectivity index (χ2n) is 18.4. The monoisotopic (exact) mass is 962 g/mol. The summed E-state index contributed by atoms with van der Waals surface area (Å²) in [6.07, 6.45) is 66.1. The van der Waals surface area contributed by atoms with Gasteiger partial charge in [0.15, 0.2) is 6.10 Å². The molecule has 0 aromatic carbocycles. The number of ether oxygens (including phenoxy) is 2. The number of carbonyl (C=O) groups excluding carboxylic acids is 2. The maximum absolute atomic E-state index is 12.6. The van der Waals surface area contributed by atoms with E-state index in [9.17, 15) is 19.0 Å². The molecule has 0 aromatic rings. The summed E-state index contributed by atoms with van der Waals surface area (Å²) in [7, 11) is -4.40. The van der Waals surface area contributed by atoms with Crippen LogP contribution in [0.4, 0.5) is 0 Å². The van der Waals surface area contributed by atoms with E-state index in [1.54, 1.807) is 0 Å². The molecule has 0 radical (unpaired) electrons. The third-order valence-corrected chi connectivity index (χ3v) is 12.9. The van der Waals surface area contributed by atoms with Gasteiger partial charge in [0.25, 0.3) is 0 Å². The summed E-state index contributed by atoms with van der Waals surface area (Å²) in [6.45, 7) is 3.55. The van der Waals surface area contributed by atoms with Gasteiger partial charge in [-0.25, -0.2) is 4.57 Å². The molecule has 0 heterocycles. The number of allylic oxidation sites excluding steroid dienone is 10. The number of unbranched alkanes of at least 4 members (excludes halogenated alkanes) is 29. The first-order valence-electron chi connectivity index (χ1n) is 27.8. The molecular weight excluding hydrogens is 858 g/mol. The minimum Gasteiger partial charge on any atom is -0.462 e. The van der Waals surface area contributed by atoms with Crippen molar-refractivity contribution in [2.75, 3.05) is 26.4 Å². The fourth-order valence-corrected chi connectivity index (χ4v) is 8.59. The van der Waals surface area contributed by atoms with Crippen molar-refractivity contribution < 1.29 is 37.6 Å². The van der Waals surface area contributed by atoms with Crippen molar-refractivity contribution in [3.05, 3.63) is 60.8 Å². The number of phosphoric ester groups is 1. The molecule has 0 rings (SSSR count). The Labute approximate surface area is 412 Å². The standard InChI is InChI=1S/C57H104NO8P/c1-3-5-7-9-11-13-15-17-18-19-20-21-22-23-24-25-26-27-28-29-30-31-32-33-34-35-36-38-39-41-43-45-47-49-56(59)63-53-55(54-65-67(61,62)64-52-51-58)66-57(60)50-48-46-44-42-40-37-16-14-12-10-8-6-4-2/h6,8,12,14,19-20,37,40,44,46,55H,3-5,7,9-11,13,15-18,21-36,38-39,41-43,45,47-54,58H2,1-2H3,(H,61,62)/b8-6-,14-12-,20-19-,40-37-,46-44-. The fraction of sp³-hybridized carbons (Fsp3) is 0.789. The van der Waals surface area contributed by atoms with Crippen LogP contribution in [0.15, 0.2) is 60.8 Å². The number of nitrogens with two attached hydrogens (primary N) is 1. The van der Waals surface area contributed by atoms with Crippen molar-refractivity contribution in [1.29, 1.82) is 0 Å². The summed E-state index contributed by atoms with van der Waals surface area (Å²) < 4.78 is 32.8. The molecule has 0 amide bonds. The van der Waals surface area contributed by atoms with Gasteiger partial charge in [0, 0.05) is 19.4 Å². The summed E-state index contributed by atoms with van der Waals surface area (Å²) in [5.74, 6) is -0.917. The molecule has 9 nitrogen and oxygen atoms in total. The Kier molecular flexibility index (Phi) is 51.3. The van der Waals surface area contributed by atoms with Crippen molar-refractivity contribution in [3.8, 4) is 0 Å². The summed E-state index contributed by atoms with van der Waals surface area (Å²) in [6, 6.07) is 0. The normalized spacial score (nSPS) is 13.6. The number of hydrogen-bond acceptors (Lipinski definition) is 8. The van der Waals surface area contributed by atoms with E-state index in [1.807, 2.05) is 12.2 Å². The average molecular weight is 962 g/mol. The highest BCUT2D eigenvalue weighted by Crippen LogP contribution is 2.43. The van der Waals surface area contributed by atoms with Gasteiger partial charge in [-0.05, 0) is 64.2 Å². The minimum atomic E-state index is -4.40. The lowest BCUT2D eigenvalue weighted by Crippen LogP contribution is -2.29. The van der Waals surface area contributed by atoms with Crippen LogP contribution in [0.1, 0.15) is 258 Å². The lowest BCUT2D eigenvalue weighted by atomic mass is 10.0. The van der Waals surface area contributed by atoms with Crippen molar-refractivity contribution in [3.63, 3.8) is 0 Å². The molecule has 0 saturated heterocycles. The third-order valence-electron chi connectivity index (χ3n) is 11.9. The van der Waals surface area contributed by atoms with Crippen LogP contribution in [-0.2, 0) is 32.7 Å². The molecule has 0 aliphatic rings. The highest BCUT2D eigenvalue weighted by molar-refractivity contribution is 7.47. The molecule has 0 saturated carbocycles. The Morgan fingerprint density at radius 1 is 0.463 bits per heavy atom. The predicted molar refractivity (Wildman–Crippen MR) is 284 cm³/mol. The molecule has 0 fully saturated rings. The molecule has 0 bridgehead atoms. The summed E-state index contributed by atoms with van der Waals surface area (Å²) in [5.41, 5.74) is 5.36. The molecule has 3 N–H and O–H groups in total. The molecular formula is C57H104NO8P. The maximum Gasteiger partial charge on any atom is 0.472 e. The lowest BCUT2D eigenvalue weighted by Gasteiger charge is -2.19. The maximum atomic E-state index is 12.6. The predicted octanol–water partition coefficient (Wildman–Crippen LogP) is 17.2. The van der Waals surface area contributed by atoms with Crippen LogP contribution < -0.4 is 5.73 Å². The van der Waals surface area contributed by atoms with E-state index in [2.05, 4.69) is 62.5 Å². The fourth-order valence-electron chi connectivity index (χ4n) is 7.82. The van der Waals surface area contributed by atoms with Crippen LogP contribution in [0.5, 0.6) is 0 Å². The Balaban J connectivity index is 3.85. The summed E-state index contributed by atoms with van der Waals surface area (Å²) in [4.78, 5) is 35.0. The quantitative estimate of drug-likeness (QED) is 0.0264. The smallest absolute Gasteiger partial charge is 0.462 e. The van der Waals surface area contributed by atoms with E-state index < -0.39 is 32.5 Å². The van der Waals surface area contributed by atoms with Crippen LogP contribution in [0.3, 0.4) is 0 Å². The first kappa shape index (κ1) is 64.7. The first-order valence-corrected chi connectivity index (χ1v) is 29.3. The molecule has 0 aliphatic carbocycles. The highest BCUT2D eigenvalue weighted by Gasteiger charge is 2.26. The lowest BCUT2D eigenvalue weighted by molar-refractivity contribution is -0.161. The second kappa shape index (κ2) is 53.1. The Morgan fingerprint density at radius 2 is 0.851 bits per heavy atom. The zero-order valence-corrected chi connectivity index (χ0v) is 44.3. The third kappa shape index (κ3) is 52.9. The summed E-state index contributed by atoms with van der Waals surface area (Å²) >= 11 is 0. The van der Waals surface area contributed by atoms with E-state index in [1.165, 1.54) is 180 Å². The zero-order valence-electron chi connectivity index (χ0n) is 43.4. The van der Waals surface area contributed by atoms with Gasteiger partial charge in [0.2, 0.25) is 0 Å². The van der Waals surface area contributed by atoms with Gasteiger partial charge >= 0.3 is 19.8 Å². The van der Waals surface area contributed by atoms with Crippen LogP contribution in [-0.4, -0.2) is 49.3 Å². The topological polar surface area (TPSA) is 134 Å². The molecule has 10 heteroatoms. The van der Waals surface area contributed by atoms with Gasteiger partial charge in [-0.1, -0.05) is 242 Å². The molecule has 2 unspecified atom stereocenters. The van der Waals surface area contributed by atoms with Crippen molar-refractivity contribution in [2.45, 2.75) is 264 Å². The molecule has 390 valence electrons. The van der Waals surface area contributed by atoms with E-state index in [0.717, 1.165) is 44.9 Å². The molecule has 0 aromatic heterocycles. The van der Waals surface area contributed by atoms with E-state index in [-0.39, 0.29) is 32.6 Å². The van der Waals surface area contributed by atoms with Crippen LogP contribution in [0.2, 0.25) is 0 Å². The van der Waals surface area contributed by atoms with Gasteiger partial charge < -0.3 is 20.1 Å². The van der Waals surface area contributed by atoms with Gasteiger partial charge in [-0.15, -0.1) is 0 Å². The first-order chi connectivity index (χ1) is 32.8. The van der Waals surface area contributed by atoms with Crippen LogP contribution in [0.25, 0.3) is 0 Å². The Hall–Kier alpha value is -2.29. The molecule has 67 heavy (non-hydrogen) atoms. The largest absolute Gasteiger partial charge is 0.472 e. The zero-order chi connectivity index (χ0) is 48.8. The van der Waals surface area contributed by atoms with Crippen LogP contribution >= 0.6 is 7.82 Å². The van der Waals surface area contributed by atoms with E-state index >= 15 is 0 Å². The number of carbonyl (C=O) groups is 2. The SMILES string of the molecule is CC/C=C\C/C=C\C/C=C\C/C=C\CCC(=O)OC(COC(=O)CCCCCCCCCCCCCCCCCCCCCCC/C=C\CCCCCCCCCC)COP(=O)(O)OCCN. The van der Waals surface area contributed by atoms with Crippen molar-refractivity contribution in [1.82, 2.24) is 0 Å². The van der Waals surface area contributed by atoms with E-state index in [0.29, 0.717) is 6.42 Å². The average Bonchev–Trinajstić information content (AvgIpc) is 3.32.